The van der Waals surface area contributed by atoms with Gasteiger partial charge in [-0.3, -0.25) is 0 Å². The van der Waals surface area contributed by atoms with Crippen LogP contribution in [0.4, 0.5) is 0 Å². The molecule has 1 nitrogen and oxygen atoms in total. The highest BCUT2D eigenvalue weighted by Crippen LogP contribution is 2.35. The molecule has 60 valence electrons. The van der Waals surface area contributed by atoms with Crippen LogP contribution >= 0.6 is 0 Å². The van der Waals surface area contributed by atoms with Crippen molar-refractivity contribution in [1.29, 1.82) is 0 Å². The van der Waals surface area contributed by atoms with Gasteiger partial charge in [-0.1, -0.05) is 6.92 Å². The zero-order chi connectivity index (χ0) is 7.40. The summed E-state index contributed by atoms with van der Waals surface area (Å²) in [6, 6.07) is 0. The molecule has 0 bridgehead atoms. The molecule has 1 N–H and O–H groups in total. The Hall–Kier alpha value is -0.0400. The van der Waals surface area contributed by atoms with Crippen LogP contribution in [0.1, 0.15) is 32.6 Å². The molecule has 0 aromatic rings. The van der Waals surface area contributed by atoms with Crippen molar-refractivity contribution in [2.45, 2.75) is 32.6 Å². The minimum absolute atomic E-state index is 1.03. The summed E-state index contributed by atoms with van der Waals surface area (Å²) in [7, 11) is 2.03. The van der Waals surface area contributed by atoms with Crippen LogP contribution in [0.15, 0.2) is 0 Å². The average Bonchev–Trinajstić information content (AvgIpc) is 1.85. The van der Waals surface area contributed by atoms with Crippen LogP contribution in [0.3, 0.4) is 0 Å². The fourth-order valence-corrected chi connectivity index (χ4v) is 1.87. The quantitative estimate of drug-likeness (QED) is 0.591. The monoisotopic (exact) mass is 141 g/mol. The third-order valence-electron chi connectivity index (χ3n) is 2.51. The number of hydrogen-bond acceptors (Lipinski definition) is 1. The Labute approximate surface area is 64.2 Å². The van der Waals surface area contributed by atoms with Crippen LogP contribution in [-0.2, 0) is 0 Å². The number of rotatable bonds is 4. The second kappa shape index (κ2) is 3.97. The van der Waals surface area contributed by atoms with E-state index in [-0.39, 0.29) is 0 Å². The van der Waals surface area contributed by atoms with E-state index in [1.165, 1.54) is 32.2 Å². The molecule has 0 heterocycles. The fraction of sp³-hybridized carbons (Fsp3) is 1.00. The molecule has 0 aromatic carbocycles. The van der Waals surface area contributed by atoms with E-state index in [2.05, 4.69) is 12.2 Å². The topological polar surface area (TPSA) is 12.0 Å². The van der Waals surface area contributed by atoms with Gasteiger partial charge in [-0.15, -0.1) is 0 Å². The summed E-state index contributed by atoms with van der Waals surface area (Å²) in [5.74, 6) is 2.10. The largest absolute Gasteiger partial charge is 0.320 e. The maximum Gasteiger partial charge on any atom is -0.00518 e. The van der Waals surface area contributed by atoms with Crippen molar-refractivity contribution in [3.05, 3.63) is 0 Å². The lowest BCUT2D eigenvalue weighted by molar-refractivity contribution is 0.196. The van der Waals surface area contributed by atoms with Crippen molar-refractivity contribution in [2.24, 2.45) is 11.8 Å². The molecule has 0 amide bonds. The lowest BCUT2D eigenvalue weighted by atomic mass is 9.74. The zero-order valence-electron chi connectivity index (χ0n) is 7.19. The Balaban J connectivity index is 1.86. The molecular weight excluding hydrogens is 122 g/mol. The van der Waals surface area contributed by atoms with Gasteiger partial charge in [0.05, 0.1) is 0 Å². The molecule has 0 unspecified atom stereocenters. The van der Waals surface area contributed by atoms with Crippen molar-refractivity contribution < 1.29 is 0 Å². The summed E-state index contributed by atoms with van der Waals surface area (Å²) < 4.78 is 0. The maximum absolute atomic E-state index is 3.18. The van der Waals surface area contributed by atoms with Crippen molar-refractivity contribution in [3.8, 4) is 0 Å². The molecule has 0 saturated heterocycles. The van der Waals surface area contributed by atoms with Crippen LogP contribution in [0.25, 0.3) is 0 Å². The molecule has 1 heteroatoms. The summed E-state index contributed by atoms with van der Waals surface area (Å²) in [6.45, 7) is 3.56. The lowest BCUT2D eigenvalue weighted by Gasteiger charge is -2.32. The van der Waals surface area contributed by atoms with Gasteiger partial charge in [0.1, 0.15) is 0 Å². The summed E-state index contributed by atoms with van der Waals surface area (Å²) >= 11 is 0. The van der Waals surface area contributed by atoms with Crippen LogP contribution in [0, 0.1) is 11.8 Å². The van der Waals surface area contributed by atoms with Crippen molar-refractivity contribution in [1.82, 2.24) is 5.32 Å². The summed E-state index contributed by atoms with van der Waals surface area (Å²) in [5, 5.41) is 3.18. The molecule has 1 fully saturated rings. The van der Waals surface area contributed by atoms with Crippen molar-refractivity contribution in [2.75, 3.05) is 13.6 Å². The highest BCUT2D eigenvalue weighted by molar-refractivity contribution is 4.75. The van der Waals surface area contributed by atoms with E-state index in [4.69, 9.17) is 0 Å². The van der Waals surface area contributed by atoms with Crippen LogP contribution in [0.2, 0.25) is 0 Å². The van der Waals surface area contributed by atoms with Gasteiger partial charge in [0.25, 0.3) is 0 Å². The highest BCUT2D eigenvalue weighted by Gasteiger charge is 2.23. The highest BCUT2D eigenvalue weighted by atomic mass is 14.8. The van der Waals surface area contributed by atoms with Gasteiger partial charge in [0.15, 0.2) is 0 Å². The Morgan fingerprint density at radius 1 is 1.40 bits per heavy atom. The third-order valence-corrected chi connectivity index (χ3v) is 2.51. The van der Waals surface area contributed by atoms with Crippen LogP contribution in [0.5, 0.6) is 0 Å². The molecular formula is C9H19N. The Morgan fingerprint density at radius 2 is 2.10 bits per heavy atom. The van der Waals surface area contributed by atoms with E-state index in [0.29, 0.717) is 0 Å². The van der Waals surface area contributed by atoms with Gasteiger partial charge >= 0.3 is 0 Å². The number of nitrogens with one attached hydrogen (secondary N) is 1. The molecule has 0 atom stereocenters. The Kier molecular flexibility index (Phi) is 3.20. The third kappa shape index (κ3) is 2.30. The van der Waals surface area contributed by atoms with E-state index in [9.17, 15) is 0 Å². The van der Waals surface area contributed by atoms with E-state index < -0.39 is 0 Å². The minimum Gasteiger partial charge on any atom is -0.320 e. The molecule has 1 aliphatic rings. The van der Waals surface area contributed by atoms with E-state index >= 15 is 0 Å². The molecule has 1 saturated carbocycles. The summed E-state index contributed by atoms with van der Waals surface area (Å²) in [6.07, 6.45) is 5.80. The first-order valence-corrected chi connectivity index (χ1v) is 4.47. The minimum atomic E-state index is 1.03. The SMILES string of the molecule is CNCCCC1CC(C)C1. The molecule has 0 aromatic heterocycles. The van der Waals surface area contributed by atoms with Gasteiger partial charge in [-0.25, -0.2) is 0 Å². The van der Waals surface area contributed by atoms with Crippen LogP contribution in [-0.4, -0.2) is 13.6 Å². The van der Waals surface area contributed by atoms with E-state index in [1.807, 2.05) is 7.05 Å². The second-order valence-corrected chi connectivity index (χ2v) is 3.69. The predicted molar refractivity (Wildman–Crippen MR) is 45.0 cm³/mol. The lowest BCUT2D eigenvalue weighted by Crippen LogP contribution is -2.22. The Morgan fingerprint density at radius 3 is 2.60 bits per heavy atom. The normalized spacial score (nSPS) is 31.8. The first-order chi connectivity index (χ1) is 4.83. The predicted octanol–water partition coefficient (Wildman–Crippen LogP) is 2.03. The second-order valence-electron chi connectivity index (χ2n) is 3.69. The van der Waals surface area contributed by atoms with Gasteiger partial charge in [-0.2, -0.15) is 0 Å². The maximum atomic E-state index is 3.18. The number of hydrogen-bond donors (Lipinski definition) is 1. The van der Waals surface area contributed by atoms with Gasteiger partial charge in [0, 0.05) is 0 Å². The van der Waals surface area contributed by atoms with Crippen LogP contribution < -0.4 is 5.32 Å². The van der Waals surface area contributed by atoms with E-state index in [1.54, 1.807) is 0 Å². The molecule has 0 aliphatic heterocycles. The summed E-state index contributed by atoms with van der Waals surface area (Å²) in [4.78, 5) is 0. The van der Waals surface area contributed by atoms with Gasteiger partial charge in [0.2, 0.25) is 0 Å². The zero-order valence-corrected chi connectivity index (χ0v) is 7.19. The van der Waals surface area contributed by atoms with Crippen molar-refractivity contribution in [3.63, 3.8) is 0 Å². The average molecular weight is 141 g/mol. The van der Waals surface area contributed by atoms with E-state index in [0.717, 1.165) is 11.8 Å². The molecule has 1 rings (SSSR count). The van der Waals surface area contributed by atoms with Gasteiger partial charge in [-0.05, 0) is 51.1 Å². The first kappa shape index (κ1) is 8.06. The fourth-order valence-electron chi connectivity index (χ4n) is 1.87. The standard InChI is InChI=1S/C9H19N/c1-8-6-9(7-8)4-3-5-10-2/h8-10H,3-7H2,1-2H3. The van der Waals surface area contributed by atoms with Crippen molar-refractivity contribution >= 4 is 0 Å². The Bertz CT molecular complexity index is 84.7. The smallest absolute Gasteiger partial charge is 0.00518 e. The van der Waals surface area contributed by atoms with Gasteiger partial charge < -0.3 is 5.32 Å². The summed E-state index contributed by atoms with van der Waals surface area (Å²) in [5.41, 5.74) is 0. The molecule has 1 aliphatic carbocycles. The first-order valence-electron chi connectivity index (χ1n) is 4.47. The molecule has 0 radical (unpaired) electrons. The molecule has 0 spiro atoms. The molecule has 10 heavy (non-hydrogen) atoms.